The van der Waals surface area contributed by atoms with Crippen molar-refractivity contribution >= 4 is 49.7 Å². The van der Waals surface area contributed by atoms with E-state index >= 15 is 0 Å². The lowest BCUT2D eigenvalue weighted by Crippen LogP contribution is -1.96. The number of aromatic nitrogens is 4. The van der Waals surface area contributed by atoms with Gasteiger partial charge in [0, 0.05) is 44.7 Å². The zero-order valence-electron chi connectivity index (χ0n) is 22.3. The molecule has 0 aliphatic rings. The van der Waals surface area contributed by atoms with Gasteiger partial charge in [-0.3, -0.25) is 0 Å². The first kappa shape index (κ1) is 23.3. The Morgan fingerprint density at radius 2 is 1.37 bits per heavy atom. The van der Waals surface area contributed by atoms with Crippen LogP contribution < -0.4 is 0 Å². The molecular formula is C37H26N4. The molecule has 41 heavy (non-hydrogen) atoms. The molecule has 194 valence electrons. The summed E-state index contributed by atoms with van der Waals surface area (Å²) in [5.41, 5.74) is 9.00. The summed E-state index contributed by atoms with van der Waals surface area (Å²) in [7, 11) is 0. The van der Waals surface area contributed by atoms with Crippen molar-refractivity contribution in [1.82, 2.24) is 19.1 Å². The topological polar surface area (TPSA) is 38.5 Å². The first-order valence-corrected chi connectivity index (χ1v) is 13.8. The first-order chi connectivity index (χ1) is 20.3. The number of para-hydroxylation sites is 3. The van der Waals surface area contributed by atoms with E-state index in [0.717, 1.165) is 28.5 Å². The summed E-state index contributed by atoms with van der Waals surface area (Å²) in [6.45, 7) is 3.76. The van der Waals surface area contributed by atoms with Crippen LogP contribution in [0.3, 0.4) is 0 Å². The molecule has 1 N–H and O–H groups in total. The molecule has 0 saturated carbocycles. The first-order valence-electron chi connectivity index (χ1n) is 13.8. The Morgan fingerprint density at radius 3 is 2.20 bits per heavy atom. The number of fused-ring (bicyclic) bond motifs is 7. The van der Waals surface area contributed by atoms with Crippen LogP contribution in [0.1, 0.15) is 5.82 Å². The summed E-state index contributed by atoms with van der Waals surface area (Å²) in [6.07, 6.45) is 7.51. The third-order valence-corrected chi connectivity index (χ3v) is 7.87. The number of aromatic amines is 1. The van der Waals surface area contributed by atoms with Gasteiger partial charge in [-0.25, -0.2) is 4.98 Å². The quantitative estimate of drug-likeness (QED) is 0.223. The van der Waals surface area contributed by atoms with Crippen molar-refractivity contribution in [3.8, 4) is 22.6 Å². The molecule has 0 aliphatic heterocycles. The summed E-state index contributed by atoms with van der Waals surface area (Å²) in [4.78, 5) is 8.05. The van der Waals surface area contributed by atoms with E-state index in [0.29, 0.717) is 0 Å². The molecule has 4 heteroatoms. The lowest BCUT2D eigenvalue weighted by atomic mass is 10.1. The van der Waals surface area contributed by atoms with E-state index in [1.165, 1.54) is 43.6 Å². The molecule has 0 bridgehead atoms. The van der Waals surface area contributed by atoms with Crippen LogP contribution in [0.5, 0.6) is 0 Å². The predicted octanol–water partition coefficient (Wildman–Crippen LogP) is 9.47. The van der Waals surface area contributed by atoms with Crippen molar-refractivity contribution in [2.24, 2.45) is 0 Å². The monoisotopic (exact) mass is 526 g/mol. The Morgan fingerprint density at radius 1 is 0.634 bits per heavy atom. The highest BCUT2D eigenvalue weighted by Crippen LogP contribution is 2.42. The van der Waals surface area contributed by atoms with Crippen LogP contribution in [0.4, 0.5) is 0 Å². The fourth-order valence-electron chi connectivity index (χ4n) is 6.17. The molecule has 8 aromatic rings. The minimum Gasteiger partial charge on any atom is -0.344 e. The number of H-pyrrole nitrogens is 1. The van der Waals surface area contributed by atoms with Gasteiger partial charge in [-0.05, 0) is 48.5 Å². The van der Waals surface area contributed by atoms with E-state index in [9.17, 15) is 0 Å². The molecule has 0 amide bonds. The number of imidazole rings is 1. The van der Waals surface area contributed by atoms with Gasteiger partial charge < -0.3 is 14.1 Å². The van der Waals surface area contributed by atoms with Crippen LogP contribution >= 0.6 is 0 Å². The largest absolute Gasteiger partial charge is 0.344 e. The summed E-state index contributed by atoms with van der Waals surface area (Å²) in [5.74, 6) is 0.803. The Bertz CT molecular complexity index is 2280. The summed E-state index contributed by atoms with van der Waals surface area (Å²) >= 11 is 0. The Labute approximate surface area is 237 Å². The van der Waals surface area contributed by atoms with Gasteiger partial charge in [-0.15, -0.1) is 0 Å². The Balaban J connectivity index is 1.47. The van der Waals surface area contributed by atoms with E-state index < -0.39 is 0 Å². The molecule has 0 saturated heterocycles. The van der Waals surface area contributed by atoms with Crippen molar-refractivity contribution in [2.75, 3.05) is 0 Å². The van der Waals surface area contributed by atoms with Crippen LogP contribution in [0.15, 0.2) is 140 Å². The highest BCUT2D eigenvalue weighted by molar-refractivity contribution is 6.26. The molecule has 0 radical (unpaired) electrons. The van der Waals surface area contributed by atoms with Gasteiger partial charge in [0.25, 0.3) is 0 Å². The molecule has 0 aliphatic carbocycles. The van der Waals surface area contributed by atoms with Crippen molar-refractivity contribution in [2.45, 2.75) is 0 Å². The maximum Gasteiger partial charge on any atom is 0.130 e. The fourth-order valence-corrected chi connectivity index (χ4v) is 6.17. The van der Waals surface area contributed by atoms with Crippen LogP contribution in [-0.2, 0) is 0 Å². The van der Waals surface area contributed by atoms with Crippen molar-refractivity contribution in [3.63, 3.8) is 0 Å². The molecule has 3 aromatic heterocycles. The lowest BCUT2D eigenvalue weighted by Gasteiger charge is -2.11. The molecule has 0 spiro atoms. The smallest absolute Gasteiger partial charge is 0.130 e. The van der Waals surface area contributed by atoms with Crippen LogP contribution in [0.25, 0.3) is 72.3 Å². The number of nitrogens with one attached hydrogen (secondary N) is 1. The van der Waals surface area contributed by atoms with Gasteiger partial charge in [0.05, 0.1) is 27.8 Å². The number of nitrogens with zero attached hydrogens (tertiary/aromatic N) is 3. The predicted molar refractivity (Wildman–Crippen MR) is 172 cm³/mol. The number of allylic oxidation sites excluding steroid dienone is 2. The molecule has 5 aromatic carbocycles. The van der Waals surface area contributed by atoms with Crippen LogP contribution in [0, 0.1) is 0 Å². The normalized spacial score (nSPS) is 11.9. The second-order valence-electron chi connectivity index (χ2n) is 10.2. The molecule has 0 atom stereocenters. The number of hydrogen-bond donors (Lipinski definition) is 1. The van der Waals surface area contributed by atoms with Crippen LogP contribution in [0.2, 0.25) is 0 Å². The van der Waals surface area contributed by atoms with Gasteiger partial charge in [0.1, 0.15) is 5.82 Å². The SMILES string of the molecule is C=C/C=C\c1nc(-c2cccc(-n3c4ccccc4c4ccc5c(c6ccccc6n5-c5ccccc5)c43)c2)c[nH]1. The average Bonchev–Trinajstić information content (AvgIpc) is 3.73. The third-order valence-electron chi connectivity index (χ3n) is 7.87. The average molecular weight is 527 g/mol. The summed E-state index contributed by atoms with van der Waals surface area (Å²) in [5, 5.41) is 4.97. The molecule has 0 unspecified atom stereocenters. The summed E-state index contributed by atoms with van der Waals surface area (Å²) in [6, 6.07) is 41.3. The maximum absolute atomic E-state index is 4.79. The van der Waals surface area contributed by atoms with E-state index in [1.54, 1.807) is 6.08 Å². The van der Waals surface area contributed by atoms with Crippen LogP contribution in [-0.4, -0.2) is 19.1 Å². The second-order valence-corrected chi connectivity index (χ2v) is 10.2. The van der Waals surface area contributed by atoms with E-state index in [1.807, 2.05) is 18.3 Å². The molecule has 8 rings (SSSR count). The van der Waals surface area contributed by atoms with E-state index in [2.05, 4.69) is 136 Å². The van der Waals surface area contributed by atoms with Gasteiger partial charge in [0.15, 0.2) is 0 Å². The lowest BCUT2D eigenvalue weighted by molar-refractivity contribution is 1.17. The second kappa shape index (κ2) is 9.25. The summed E-state index contributed by atoms with van der Waals surface area (Å²) < 4.78 is 4.80. The number of rotatable bonds is 5. The van der Waals surface area contributed by atoms with Crippen molar-refractivity contribution in [1.29, 1.82) is 0 Å². The maximum atomic E-state index is 4.79. The third kappa shape index (κ3) is 3.58. The van der Waals surface area contributed by atoms with Gasteiger partial charge in [-0.1, -0.05) is 91.5 Å². The Kier molecular flexibility index (Phi) is 5.25. The molecule has 3 heterocycles. The van der Waals surface area contributed by atoms with E-state index in [-0.39, 0.29) is 0 Å². The Hall–Kier alpha value is -5.61. The van der Waals surface area contributed by atoms with E-state index in [4.69, 9.17) is 4.98 Å². The fraction of sp³-hybridized carbons (Fsp3) is 0. The van der Waals surface area contributed by atoms with Gasteiger partial charge in [0.2, 0.25) is 0 Å². The minimum atomic E-state index is 0.803. The highest BCUT2D eigenvalue weighted by Gasteiger charge is 2.20. The minimum absolute atomic E-state index is 0.803. The van der Waals surface area contributed by atoms with Crippen molar-refractivity contribution < 1.29 is 0 Å². The van der Waals surface area contributed by atoms with Gasteiger partial charge >= 0.3 is 0 Å². The highest BCUT2D eigenvalue weighted by atomic mass is 15.0. The zero-order valence-corrected chi connectivity index (χ0v) is 22.3. The molecule has 4 nitrogen and oxygen atoms in total. The molecule has 0 fully saturated rings. The van der Waals surface area contributed by atoms with Crippen molar-refractivity contribution in [3.05, 3.63) is 146 Å². The zero-order chi connectivity index (χ0) is 27.3. The standard InChI is InChI=1S/C37H26N4/c1-2-3-20-35-38-24-31(39-35)25-12-11-15-27(23-25)41-32-18-9-7-16-28(32)29-21-22-34-36(37(29)41)30-17-8-10-19-33(30)40(34)26-13-5-4-6-14-26/h2-24H,1H2,(H,38,39)/b20-3-. The van der Waals surface area contributed by atoms with Gasteiger partial charge in [-0.2, -0.15) is 0 Å². The molecular weight excluding hydrogens is 500 g/mol. The number of hydrogen-bond acceptors (Lipinski definition) is 1. The number of benzene rings is 5.